The number of rotatable bonds is 9. The normalized spacial score (nSPS) is 15.4. The molecule has 2 unspecified atom stereocenters. The molecule has 2 heteroatoms. The molecule has 2 atom stereocenters. The average molecular weight is 200 g/mol. The van der Waals surface area contributed by atoms with Crippen LogP contribution < -0.4 is 11.1 Å². The molecule has 0 aromatic carbocycles. The van der Waals surface area contributed by atoms with Crippen molar-refractivity contribution in [3.8, 4) is 0 Å². The molecule has 0 fully saturated rings. The van der Waals surface area contributed by atoms with Crippen molar-refractivity contribution in [2.24, 2.45) is 5.73 Å². The predicted octanol–water partition coefficient (Wildman–Crippen LogP) is 2.67. The van der Waals surface area contributed by atoms with Gasteiger partial charge in [-0.05, 0) is 19.8 Å². The van der Waals surface area contributed by atoms with Gasteiger partial charge in [0.1, 0.15) is 0 Å². The number of unbranched alkanes of at least 4 members (excludes halogenated alkanes) is 3. The van der Waals surface area contributed by atoms with Crippen LogP contribution in [0.4, 0.5) is 0 Å². The summed E-state index contributed by atoms with van der Waals surface area (Å²) in [6.07, 6.45) is 7.77. The minimum absolute atomic E-state index is 0.529. The average Bonchev–Trinajstić information content (AvgIpc) is 2.22. The van der Waals surface area contributed by atoms with Gasteiger partial charge in [0.15, 0.2) is 0 Å². The lowest BCUT2D eigenvalue weighted by Gasteiger charge is -2.21. The summed E-state index contributed by atoms with van der Waals surface area (Å²) in [5.74, 6) is 0. The van der Waals surface area contributed by atoms with E-state index < -0.39 is 0 Å². The van der Waals surface area contributed by atoms with Gasteiger partial charge in [-0.2, -0.15) is 0 Å². The fourth-order valence-corrected chi connectivity index (χ4v) is 1.61. The van der Waals surface area contributed by atoms with Crippen molar-refractivity contribution in [2.75, 3.05) is 6.54 Å². The molecule has 0 aliphatic carbocycles. The van der Waals surface area contributed by atoms with E-state index >= 15 is 0 Å². The molecule has 0 aliphatic heterocycles. The minimum atomic E-state index is 0.529. The standard InChI is InChI=1S/C12H28N2/c1-4-6-7-8-9-12(10-13)14-11(3)5-2/h11-12,14H,4-10,13H2,1-3H3. The van der Waals surface area contributed by atoms with Crippen molar-refractivity contribution < 1.29 is 0 Å². The molecule has 0 amide bonds. The maximum absolute atomic E-state index is 5.73. The summed E-state index contributed by atoms with van der Waals surface area (Å²) >= 11 is 0. The van der Waals surface area contributed by atoms with E-state index in [0.717, 1.165) is 6.54 Å². The third-order valence-corrected chi connectivity index (χ3v) is 2.82. The highest BCUT2D eigenvalue weighted by atomic mass is 15.0. The molecule has 0 radical (unpaired) electrons. The third kappa shape index (κ3) is 7.34. The van der Waals surface area contributed by atoms with Crippen molar-refractivity contribution in [1.82, 2.24) is 5.32 Å². The third-order valence-electron chi connectivity index (χ3n) is 2.82. The van der Waals surface area contributed by atoms with Crippen LogP contribution in [0.25, 0.3) is 0 Å². The Labute approximate surface area is 89.6 Å². The lowest BCUT2D eigenvalue weighted by Crippen LogP contribution is -2.41. The lowest BCUT2D eigenvalue weighted by atomic mass is 10.1. The van der Waals surface area contributed by atoms with Crippen LogP contribution in [0.1, 0.15) is 59.3 Å². The molecular formula is C12H28N2. The maximum Gasteiger partial charge on any atom is 0.0192 e. The molecule has 86 valence electrons. The Hall–Kier alpha value is -0.0800. The molecule has 0 bridgehead atoms. The van der Waals surface area contributed by atoms with Crippen LogP contribution in [0.15, 0.2) is 0 Å². The molecule has 0 aromatic heterocycles. The smallest absolute Gasteiger partial charge is 0.0192 e. The van der Waals surface area contributed by atoms with Gasteiger partial charge < -0.3 is 11.1 Å². The first-order valence-corrected chi connectivity index (χ1v) is 6.20. The van der Waals surface area contributed by atoms with Crippen LogP contribution in [0.2, 0.25) is 0 Å². The van der Waals surface area contributed by atoms with Gasteiger partial charge >= 0.3 is 0 Å². The molecule has 0 spiro atoms. The first-order chi connectivity index (χ1) is 6.74. The van der Waals surface area contributed by atoms with E-state index in [1.165, 1.54) is 38.5 Å². The van der Waals surface area contributed by atoms with E-state index in [9.17, 15) is 0 Å². The van der Waals surface area contributed by atoms with Crippen LogP contribution >= 0.6 is 0 Å². The van der Waals surface area contributed by atoms with Crippen molar-refractivity contribution in [2.45, 2.75) is 71.4 Å². The topological polar surface area (TPSA) is 38.0 Å². The summed E-state index contributed by atoms with van der Waals surface area (Å²) in [4.78, 5) is 0. The van der Waals surface area contributed by atoms with Crippen LogP contribution in [-0.4, -0.2) is 18.6 Å². The highest BCUT2D eigenvalue weighted by Crippen LogP contribution is 2.06. The van der Waals surface area contributed by atoms with Gasteiger partial charge in [0.05, 0.1) is 0 Å². The monoisotopic (exact) mass is 200 g/mol. The zero-order valence-electron chi connectivity index (χ0n) is 10.2. The van der Waals surface area contributed by atoms with E-state index in [-0.39, 0.29) is 0 Å². The van der Waals surface area contributed by atoms with Crippen molar-refractivity contribution in [3.05, 3.63) is 0 Å². The quantitative estimate of drug-likeness (QED) is 0.562. The van der Waals surface area contributed by atoms with Gasteiger partial charge in [-0.3, -0.25) is 0 Å². The van der Waals surface area contributed by atoms with Crippen molar-refractivity contribution in [1.29, 1.82) is 0 Å². The Morgan fingerprint density at radius 2 is 1.86 bits per heavy atom. The Morgan fingerprint density at radius 1 is 1.14 bits per heavy atom. The Bertz CT molecular complexity index is 115. The minimum Gasteiger partial charge on any atom is -0.329 e. The summed E-state index contributed by atoms with van der Waals surface area (Å²) in [5.41, 5.74) is 5.73. The SMILES string of the molecule is CCCCCCC(CN)NC(C)CC. The van der Waals surface area contributed by atoms with Gasteiger partial charge in [0.25, 0.3) is 0 Å². The molecular weight excluding hydrogens is 172 g/mol. The Morgan fingerprint density at radius 3 is 2.36 bits per heavy atom. The fourth-order valence-electron chi connectivity index (χ4n) is 1.61. The van der Waals surface area contributed by atoms with Gasteiger partial charge in [0.2, 0.25) is 0 Å². The summed E-state index contributed by atoms with van der Waals surface area (Å²) < 4.78 is 0. The first-order valence-electron chi connectivity index (χ1n) is 6.20. The molecule has 0 saturated heterocycles. The lowest BCUT2D eigenvalue weighted by molar-refractivity contribution is 0.407. The number of nitrogens with one attached hydrogen (secondary N) is 1. The number of hydrogen-bond donors (Lipinski definition) is 2. The van der Waals surface area contributed by atoms with E-state index in [1.54, 1.807) is 0 Å². The molecule has 2 nitrogen and oxygen atoms in total. The van der Waals surface area contributed by atoms with Crippen LogP contribution in [0.3, 0.4) is 0 Å². The highest BCUT2D eigenvalue weighted by molar-refractivity contribution is 4.71. The summed E-state index contributed by atoms with van der Waals surface area (Å²) in [6, 6.07) is 1.14. The molecule has 3 N–H and O–H groups in total. The predicted molar refractivity (Wildman–Crippen MR) is 64.5 cm³/mol. The van der Waals surface area contributed by atoms with Gasteiger partial charge in [-0.1, -0.05) is 39.5 Å². The van der Waals surface area contributed by atoms with Crippen LogP contribution in [-0.2, 0) is 0 Å². The van der Waals surface area contributed by atoms with Crippen molar-refractivity contribution in [3.63, 3.8) is 0 Å². The molecule has 0 heterocycles. The number of hydrogen-bond acceptors (Lipinski definition) is 2. The highest BCUT2D eigenvalue weighted by Gasteiger charge is 2.08. The summed E-state index contributed by atoms with van der Waals surface area (Å²) in [5, 5.41) is 3.57. The van der Waals surface area contributed by atoms with E-state index in [1.807, 2.05) is 0 Å². The first kappa shape index (κ1) is 13.9. The largest absolute Gasteiger partial charge is 0.329 e. The second-order valence-electron chi connectivity index (χ2n) is 4.26. The molecule has 14 heavy (non-hydrogen) atoms. The molecule has 0 saturated carbocycles. The maximum atomic E-state index is 5.73. The zero-order chi connectivity index (χ0) is 10.8. The number of nitrogens with two attached hydrogens (primary N) is 1. The zero-order valence-corrected chi connectivity index (χ0v) is 10.2. The van der Waals surface area contributed by atoms with Crippen LogP contribution in [0, 0.1) is 0 Å². The Balaban J connectivity index is 3.47. The molecule has 0 aliphatic rings. The summed E-state index contributed by atoms with van der Waals surface area (Å²) in [7, 11) is 0. The van der Waals surface area contributed by atoms with E-state index in [2.05, 4.69) is 26.1 Å². The van der Waals surface area contributed by atoms with E-state index in [0.29, 0.717) is 12.1 Å². The molecule has 0 aromatic rings. The van der Waals surface area contributed by atoms with E-state index in [4.69, 9.17) is 5.73 Å². The van der Waals surface area contributed by atoms with Gasteiger partial charge in [-0.25, -0.2) is 0 Å². The van der Waals surface area contributed by atoms with Gasteiger partial charge in [0, 0.05) is 18.6 Å². The van der Waals surface area contributed by atoms with Crippen molar-refractivity contribution >= 4 is 0 Å². The fraction of sp³-hybridized carbons (Fsp3) is 1.00. The second-order valence-corrected chi connectivity index (χ2v) is 4.26. The molecule has 0 rings (SSSR count). The van der Waals surface area contributed by atoms with Gasteiger partial charge in [-0.15, -0.1) is 0 Å². The Kier molecular flexibility index (Phi) is 9.42. The van der Waals surface area contributed by atoms with Crippen LogP contribution in [0.5, 0.6) is 0 Å². The summed E-state index contributed by atoms with van der Waals surface area (Å²) in [6.45, 7) is 7.46. The second kappa shape index (κ2) is 9.47.